The van der Waals surface area contributed by atoms with Crippen molar-refractivity contribution in [2.24, 2.45) is 71.0 Å². The van der Waals surface area contributed by atoms with Crippen molar-refractivity contribution >= 4 is 33.8 Å². The fraction of sp³-hybridized carbons (Fsp3) is 0.250. The zero-order valence-corrected chi connectivity index (χ0v) is 30.8. The molecule has 0 spiro atoms. The number of non-ortho nitro benzene ring substituents is 3. The summed E-state index contributed by atoms with van der Waals surface area (Å²) >= 11 is 0. The number of allylic oxidation sites excluding steroid dienone is 18. The third kappa shape index (κ3) is 6.46. The number of nitrogens with zero attached hydrogens (tertiary/aromatic N) is 3. The highest BCUT2D eigenvalue weighted by Gasteiger charge is 2.50. The molecule has 0 aliphatic heterocycles. The minimum atomic E-state index is -0.354. The van der Waals surface area contributed by atoms with Crippen LogP contribution in [0.3, 0.4) is 0 Å². The van der Waals surface area contributed by atoms with Gasteiger partial charge in [0.25, 0.3) is 17.1 Å². The van der Waals surface area contributed by atoms with Gasteiger partial charge in [-0.2, -0.15) is 0 Å². The number of benzene rings is 3. The maximum atomic E-state index is 10.7. The summed E-state index contributed by atoms with van der Waals surface area (Å²) in [5.41, 5.74) is 7.60. The first-order chi connectivity index (χ1) is 27.7. The average Bonchev–Trinajstić information content (AvgIpc) is 4.08. The van der Waals surface area contributed by atoms with Crippen LogP contribution in [0, 0.1) is 101 Å². The number of nitro benzene ring substituents is 3. The van der Waals surface area contributed by atoms with E-state index in [2.05, 4.69) is 91.1 Å². The zero-order valence-electron chi connectivity index (χ0n) is 30.8. The topological polar surface area (TPSA) is 129 Å². The Bertz CT molecular complexity index is 2130. The normalized spacial score (nSPS) is 33.6. The molecule has 9 heteroatoms. The van der Waals surface area contributed by atoms with E-state index >= 15 is 0 Å². The van der Waals surface area contributed by atoms with Gasteiger partial charge in [-0.25, -0.2) is 0 Å². The van der Waals surface area contributed by atoms with Gasteiger partial charge in [0.2, 0.25) is 0 Å². The quantitative estimate of drug-likeness (QED) is 0.140. The van der Waals surface area contributed by atoms with E-state index in [4.69, 9.17) is 0 Å². The van der Waals surface area contributed by atoms with E-state index in [0.717, 1.165) is 16.7 Å². The number of hydrogen-bond donors (Lipinski definition) is 0. The predicted octanol–water partition coefficient (Wildman–Crippen LogP) is 10.8. The lowest BCUT2D eigenvalue weighted by Crippen LogP contribution is -1.97. The fourth-order valence-corrected chi connectivity index (χ4v) is 9.81. The van der Waals surface area contributed by atoms with E-state index in [1.807, 2.05) is 36.4 Å². The molecule has 12 atom stereocenters. The molecule has 15 rings (SSSR count). The Balaban J connectivity index is 0.000000104. The average molecular weight is 754 g/mol. The second-order valence-corrected chi connectivity index (χ2v) is 16.4. The molecule has 3 saturated carbocycles. The minimum Gasteiger partial charge on any atom is -0.258 e. The Labute approximate surface area is 329 Å². The third-order valence-corrected chi connectivity index (χ3v) is 13.2. The van der Waals surface area contributed by atoms with Gasteiger partial charge in [0, 0.05) is 54.2 Å². The lowest BCUT2D eigenvalue weighted by Gasteiger charge is -2.12. The van der Waals surface area contributed by atoms with Crippen molar-refractivity contribution in [3.63, 3.8) is 0 Å². The van der Waals surface area contributed by atoms with Gasteiger partial charge in [0.05, 0.1) is 14.8 Å². The van der Waals surface area contributed by atoms with Crippen LogP contribution in [0.15, 0.2) is 164 Å². The standard InChI is InChI=1S/3C16H13NO2/c3*18-17(19)12-5-1-10(2-6-12)15-9-16-13-7-3-11(15)4-8-14(13)16/h3*1-9,11,13-14,16H/t3*11?,13-,14+,16?. The van der Waals surface area contributed by atoms with Crippen LogP contribution in [0.1, 0.15) is 16.7 Å². The molecule has 0 N–H and O–H groups in total. The Morgan fingerprint density at radius 1 is 0.298 bits per heavy atom. The maximum absolute atomic E-state index is 10.7. The van der Waals surface area contributed by atoms with Crippen molar-refractivity contribution < 1.29 is 14.8 Å². The molecule has 3 fully saturated rings. The highest BCUT2D eigenvalue weighted by Crippen LogP contribution is 2.57. The molecule has 282 valence electrons. The Hall–Kier alpha value is -6.48. The first kappa shape index (κ1) is 35.0. The second kappa shape index (κ2) is 13.6. The van der Waals surface area contributed by atoms with Gasteiger partial charge in [-0.15, -0.1) is 0 Å². The fourth-order valence-electron chi connectivity index (χ4n) is 9.81. The Morgan fingerprint density at radius 3 is 0.702 bits per heavy atom. The van der Waals surface area contributed by atoms with Crippen LogP contribution in [0.5, 0.6) is 0 Å². The summed E-state index contributed by atoms with van der Waals surface area (Å²) in [6.07, 6.45) is 34.6. The van der Waals surface area contributed by atoms with Gasteiger partial charge in [-0.1, -0.05) is 91.1 Å². The van der Waals surface area contributed by atoms with E-state index in [1.165, 1.54) is 16.7 Å². The van der Waals surface area contributed by atoms with Gasteiger partial charge in [-0.05, 0) is 123 Å². The molecular weight excluding hydrogens is 715 g/mol. The molecule has 57 heavy (non-hydrogen) atoms. The molecule has 12 bridgehead atoms. The van der Waals surface area contributed by atoms with Gasteiger partial charge < -0.3 is 0 Å². The second-order valence-electron chi connectivity index (χ2n) is 16.4. The summed E-state index contributed by atoms with van der Waals surface area (Å²) in [4.78, 5) is 31.0. The molecule has 12 aliphatic rings. The smallest absolute Gasteiger partial charge is 0.258 e. The van der Waals surface area contributed by atoms with Crippen molar-refractivity contribution in [1.82, 2.24) is 0 Å². The van der Waals surface area contributed by atoms with Gasteiger partial charge in [-0.3, -0.25) is 30.3 Å². The molecule has 0 saturated heterocycles. The first-order valence-electron chi connectivity index (χ1n) is 19.7. The largest absolute Gasteiger partial charge is 0.269 e. The molecule has 3 aromatic rings. The van der Waals surface area contributed by atoms with Crippen molar-refractivity contribution in [3.05, 3.63) is 211 Å². The molecule has 0 amide bonds. The molecule has 12 aliphatic carbocycles. The van der Waals surface area contributed by atoms with Crippen LogP contribution in [0.25, 0.3) is 16.7 Å². The monoisotopic (exact) mass is 753 g/mol. The number of nitro groups is 3. The Kier molecular flexibility index (Phi) is 8.36. The third-order valence-electron chi connectivity index (χ3n) is 13.2. The van der Waals surface area contributed by atoms with Crippen molar-refractivity contribution in [3.8, 4) is 0 Å². The molecule has 0 radical (unpaired) electrons. The van der Waals surface area contributed by atoms with Crippen LogP contribution >= 0.6 is 0 Å². The minimum absolute atomic E-state index is 0.151. The van der Waals surface area contributed by atoms with E-state index in [9.17, 15) is 30.3 Å². The number of rotatable bonds is 6. The molecular formula is C48H39N3O6. The lowest BCUT2D eigenvalue weighted by atomic mass is 9.92. The van der Waals surface area contributed by atoms with Crippen LogP contribution in [-0.4, -0.2) is 14.8 Å². The van der Waals surface area contributed by atoms with Gasteiger partial charge in [0.15, 0.2) is 0 Å². The summed E-state index contributed by atoms with van der Waals surface area (Å²) in [6.45, 7) is 0. The zero-order chi connectivity index (χ0) is 38.9. The number of hydrogen-bond acceptors (Lipinski definition) is 6. The van der Waals surface area contributed by atoms with Crippen LogP contribution in [0.2, 0.25) is 0 Å². The molecule has 6 unspecified atom stereocenters. The lowest BCUT2D eigenvalue weighted by molar-refractivity contribution is -0.385. The van der Waals surface area contributed by atoms with E-state index in [-0.39, 0.29) is 31.8 Å². The van der Waals surface area contributed by atoms with Gasteiger partial charge >= 0.3 is 0 Å². The highest BCUT2D eigenvalue weighted by molar-refractivity contribution is 5.76. The highest BCUT2D eigenvalue weighted by atomic mass is 16.6. The summed E-state index contributed by atoms with van der Waals surface area (Å²) in [6, 6.07) is 20.7. The SMILES string of the molecule is O=[N+]([O-])c1ccc(C2=CC3[C@H]4C=CC2C=C[C@@H]34)cc1.O=[N+]([O-])c1ccc(C2=CC3[C@H]4C=CC2C=C[C@@H]34)cc1.O=[N+]([O-])c1ccc(C2=CC3[C@H]4C=CC2C=C[C@@H]34)cc1. The molecule has 0 heterocycles. The van der Waals surface area contributed by atoms with Crippen molar-refractivity contribution in [1.29, 1.82) is 0 Å². The summed E-state index contributed by atoms with van der Waals surface area (Å²) in [7, 11) is 0. The van der Waals surface area contributed by atoms with Crippen LogP contribution < -0.4 is 0 Å². The predicted molar refractivity (Wildman–Crippen MR) is 220 cm³/mol. The van der Waals surface area contributed by atoms with E-state index < -0.39 is 0 Å². The van der Waals surface area contributed by atoms with Gasteiger partial charge in [0.1, 0.15) is 0 Å². The van der Waals surface area contributed by atoms with Crippen molar-refractivity contribution in [2.45, 2.75) is 0 Å². The Morgan fingerprint density at radius 2 is 0.509 bits per heavy atom. The van der Waals surface area contributed by atoms with Crippen LogP contribution in [-0.2, 0) is 0 Å². The molecule has 9 nitrogen and oxygen atoms in total. The summed E-state index contributed by atoms with van der Waals surface area (Å²) < 4.78 is 0. The van der Waals surface area contributed by atoms with E-state index in [1.54, 1.807) is 36.4 Å². The summed E-state index contributed by atoms with van der Waals surface area (Å²) in [5.74, 6) is 6.92. The van der Waals surface area contributed by atoms with E-state index in [0.29, 0.717) is 71.0 Å². The molecule has 3 aromatic carbocycles. The van der Waals surface area contributed by atoms with Crippen LogP contribution in [0.4, 0.5) is 17.1 Å². The maximum Gasteiger partial charge on any atom is 0.269 e. The first-order valence-corrected chi connectivity index (χ1v) is 19.7. The molecule has 0 aromatic heterocycles. The van der Waals surface area contributed by atoms with Crippen molar-refractivity contribution in [2.75, 3.05) is 0 Å². The summed E-state index contributed by atoms with van der Waals surface area (Å²) in [5, 5.41) is 32.1.